The molecule has 2 aliphatic heterocycles. The molecule has 0 radical (unpaired) electrons. The third-order valence-corrected chi connectivity index (χ3v) is 5.37. The lowest BCUT2D eigenvalue weighted by Gasteiger charge is -2.38. The van der Waals surface area contributed by atoms with Gasteiger partial charge in [0.25, 0.3) is 0 Å². The molecule has 2 saturated heterocycles. The van der Waals surface area contributed by atoms with Crippen LogP contribution in [0.4, 0.5) is 23.0 Å². The number of morpholine rings is 1. The average Bonchev–Trinajstić information content (AvgIpc) is 2.76. The van der Waals surface area contributed by atoms with Crippen molar-refractivity contribution in [2.45, 2.75) is 18.9 Å². The van der Waals surface area contributed by atoms with E-state index in [4.69, 9.17) is 15.5 Å². The minimum absolute atomic E-state index is 0.0159. The molecule has 0 atom stereocenters. The Morgan fingerprint density at radius 2 is 1.76 bits per heavy atom. The van der Waals surface area contributed by atoms with E-state index in [0.29, 0.717) is 32.1 Å². The highest BCUT2D eigenvalue weighted by atomic mass is 16.6. The molecule has 29 heavy (non-hydrogen) atoms. The van der Waals surface area contributed by atoms with E-state index < -0.39 is 0 Å². The molecule has 154 valence electrons. The molecule has 3 heterocycles. The van der Waals surface area contributed by atoms with E-state index in [9.17, 15) is 10.1 Å². The molecule has 2 aromatic rings. The van der Waals surface area contributed by atoms with Crippen LogP contribution in [0.2, 0.25) is 0 Å². The first kappa shape index (κ1) is 19.6. The van der Waals surface area contributed by atoms with Crippen molar-refractivity contribution in [1.82, 2.24) is 9.99 Å². The van der Waals surface area contributed by atoms with Crippen molar-refractivity contribution in [2.75, 3.05) is 49.3 Å². The fourth-order valence-corrected chi connectivity index (χ4v) is 3.78. The lowest BCUT2D eigenvalue weighted by atomic mass is 10.1. The smallest absolute Gasteiger partial charge is 0.313 e. The zero-order valence-corrected chi connectivity index (χ0v) is 16.3. The van der Waals surface area contributed by atoms with Crippen molar-refractivity contribution in [3.63, 3.8) is 0 Å². The number of benzene rings is 1. The summed E-state index contributed by atoms with van der Waals surface area (Å²) < 4.78 is 5.49. The first-order chi connectivity index (χ1) is 14.1. The first-order valence-electron chi connectivity index (χ1n) is 9.97. The van der Waals surface area contributed by atoms with E-state index in [1.54, 1.807) is 12.1 Å². The third kappa shape index (κ3) is 4.31. The molecule has 9 heteroatoms. The van der Waals surface area contributed by atoms with Crippen LogP contribution in [0.15, 0.2) is 42.5 Å². The second-order valence-corrected chi connectivity index (χ2v) is 7.31. The van der Waals surface area contributed by atoms with Crippen LogP contribution >= 0.6 is 0 Å². The predicted molar refractivity (Wildman–Crippen MR) is 111 cm³/mol. The van der Waals surface area contributed by atoms with E-state index in [2.05, 4.69) is 9.91 Å². The molecule has 0 bridgehead atoms. The van der Waals surface area contributed by atoms with Gasteiger partial charge in [-0.1, -0.05) is 18.2 Å². The number of pyridine rings is 1. The summed E-state index contributed by atoms with van der Waals surface area (Å²) in [5.41, 5.74) is 6.85. The number of nitrogens with two attached hydrogens (primary N) is 1. The number of hydrogen-bond acceptors (Lipinski definition) is 8. The largest absolute Gasteiger partial charge is 0.379 e. The Hall–Kier alpha value is -2.75. The molecular weight excluding hydrogens is 372 g/mol. The molecule has 1 aromatic heterocycles. The zero-order chi connectivity index (χ0) is 20.2. The fraction of sp³-hybridized carbons (Fsp3) is 0.450. The number of nitrogens with zero attached hydrogens (tertiary/aromatic N) is 5. The van der Waals surface area contributed by atoms with Crippen LogP contribution in [0.1, 0.15) is 12.8 Å². The number of piperidine rings is 1. The van der Waals surface area contributed by atoms with Crippen LogP contribution in [0.3, 0.4) is 0 Å². The summed E-state index contributed by atoms with van der Waals surface area (Å²) in [5, 5.41) is 15.8. The number of hydrogen-bond donors (Lipinski definition) is 1. The molecule has 0 amide bonds. The zero-order valence-electron chi connectivity index (χ0n) is 16.3. The first-order valence-corrected chi connectivity index (χ1v) is 9.97. The summed E-state index contributed by atoms with van der Waals surface area (Å²) in [6.45, 7) is 4.01. The highest BCUT2D eigenvalue weighted by molar-refractivity contribution is 5.69. The number of para-hydroxylation sites is 1. The molecule has 2 fully saturated rings. The standard InChI is InChI=1S/C20H26N6O3/c21-16-8-10-23(11-9-16)19-7-6-18(26(27)28)20(22-19)25(17-4-2-1-3-5-17)24-12-14-29-15-13-24/h1-7,16H,8-15,21H2. The highest BCUT2D eigenvalue weighted by Crippen LogP contribution is 2.35. The van der Waals surface area contributed by atoms with Gasteiger partial charge in [-0.25, -0.2) is 9.99 Å². The van der Waals surface area contributed by atoms with Crippen molar-refractivity contribution in [3.8, 4) is 0 Å². The molecule has 2 aliphatic rings. The number of hydrazine groups is 1. The lowest BCUT2D eigenvalue weighted by molar-refractivity contribution is -0.384. The molecule has 0 aliphatic carbocycles. The molecule has 9 nitrogen and oxygen atoms in total. The fourth-order valence-electron chi connectivity index (χ4n) is 3.78. The van der Waals surface area contributed by atoms with Crippen LogP contribution in [0.25, 0.3) is 0 Å². The van der Waals surface area contributed by atoms with Crippen molar-refractivity contribution < 1.29 is 9.66 Å². The summed E-state index contributed by atoms with van der Waals surface area (Å²) in [6, 6.07) is 13.1. The van der Waals surface area contributed by atoms with Crippen LogP contribution < -0.4 is 15.6 Å². The minimum atomic E-state index is -0.366. The maximum atomic E-state index is 11.8. The molecule has 1 aromatic carbocycles. The average molecular weight is 398 g/mol. The van der Waals surface area contributed by atoms with E-state index in [1.807, 2.05) is 35.3 Å². The number of rotatable bonds is 5. The van der Waals surface area contributed by atoms with Crippen LogP contribution in [0.5, 0.6) is 0 Å². The summed E-state index contributed by atoms with van der Waals surface area (Å²) in [4.78, 5) is 18.4. The van der Waals surface area contributed by atoms with Crippen molar-refractivity contribution in [3.05, 3.63) is 52.6 Å². The van der Waals surface area contributed by atoms with Gasteiger partial charge >= 0.3 is 5.69 Å². The van der Waals surface area contributed by atoms with Gasteiger partial charge in [0.2, 0.25) is 5.82 Å². The Morgan fingerprint density at radius 1 is 1.07 bits per heavy atom. The topological polar surface area (TPSA) is 101 Å². The Balaban J connectivity index is 1.77. The van der Waals surface area contributed by atoms with E-state index >= 15 is 0 Å². The third-order valence-electron chi connectivity index (χ3n) is 5.37. The molecule has 0 unspecified atom stereocenters. The summed E-state index contributed by atoms with van der Waals surface area (Å²) in [5.74, 6) is 1.07. The quantitative estimate of drug-likeness (QED) is 0.605. The van der Waals surface area contributed by atoms with Gasteiger partial charge in [-0.05, 0) is 31.0 Å². The number of anilines is 3. The van der Waals surface area contributed by atoms with Gasteiger partial charge in [0.05, 0.1) is 23.8 Å². The monoisotopic (exact) mass is 398 g/mol. The van der Waals surface area contributed by atoms with Gasteiger partial charge in [-0.2, -0.15) is 0 Å². The highest BCUT2D eigenvalue weighted by Gasteiger charge is 2.30. The van der Waals surface area contributed by atoms with Crippen LogP contribution in [0, 0.1) is 10.1 Å². The number of nitro groups is 1. The van der Waals surface area contributed by atoms with Crippen LogP contribution in [-0.4, -0.2) is 60.4 Å². The summed E-state index contributed by atoms with van der Waals surface area (Å²) in [7, 11) is 0. The Kier molecular flexibility index (Phi) is 5.89. The van der Waals surface area contributed by atoms with Gasteiger partial charge in [-0.15, -0.1) is 0 Å². The van der Waals surface area contributed by atoms with Gasteiger partial charge in [0, 0.05) is 38.3 Å². The van der Waals surface area contributed by atoms with Crippen molar-refractivity contribution in [1.29, 1.82) is 0 Å². The van der Waals surface area contributed by atoms with Crippen LogP contribution in [-0.2, 0) is 4.74 Å². The minimum Gasteiger partial charge on any atom is -0.379 e. The van der Waals surface area contributed by atoms with Crippen molar-refractivity contribution in [2.24, 2.45) is 5.73 Å². The SMILES string of the molecule is NC1CCN(c2ccc([N+](=O)[O-])c(N(c3ccccc3)N3CCOCC3)n2)CC1. The Bertz CT molecular complexity index is 835. The molecule has 0 saturated carbocycles. The van der Waals surface area contributed by atoms with Crippen molar-refractivity contribution >= 4 is 23.0 Å². The Morgan fingerprint density at radius 3 is 2.41 bits per heavy atom. The molecule has 0 spiro atoms. The lowest BCUT2D eigenvalue weighted by Crippen LogP contribution is -2.47. The van der Waals surface area contributed by atoms with Gasteiger partial charge < -0.3 is 15.4 Å². The van der Waals surface area contributed by atoms with Gasteiger partial charge in [0.15, 0.2) is 0 Å². The van der Waals surface area contributed by atoms with E-state index in [0.717, 1.165) is 37.4 Å². The number of ether oxygens (including phenoxy) is 1. The predicted octanol–water partition coefficient (Wildman–Crippen LogP) is 2.30. The number of aromatic nitrogens is 1. The normalized spacial score (nSPS) is 18.6. The second kappa shape index (κ2) is 8.73. The summed E-state index contributed by atoms with van der Waals surface area (Å²) >= 11 is 0. The molecular formula is C20H26N6O3. The Labute approximate surface area is 169 Å². The van der Waals surface area contributed by atoms with E-state index in [-0.39, 0.29) is 16.7 Å². The summed E-state index contributed by atoms with van der Waals surface area (Å²) in [6.07, 6.45) is 1.78. The maximum Gasteiger partial charge on any atom is 0.313 e. The maximum absolute atomic E-state index is 11.8. The molecule has 2 N–H and O–H groups in total. The second-order valence-electron chi connectivity index (χ2n) is 7.31. The van der Waals surface area contributed by atoms with Gasteiger partial charge in [-0.3, -0.25) is 15.1 Å². The molecule has 4 rings (SSSR count). The van der Waals surface area contributed by atoms with Gasteiger partial charge in [0.1, 0.15) is 5.82 Å². The van der Waals surface area contributed by atoms with E-state index in [1.165, 1.54) is 0 Å².